The van der Waals surface area contributed by atoms with E-state index in [1.54, 1.807) is 14.2 Å². The normalized spacial score (nSPS) is 14.4. The maximum atomic E-state index is 11.7. The first kappa shape index (κ1) is 18.3. The van der Waals surface area contributed by atoms with Crippen LogP contribution < -0.4 is 5.32 Å². The molecule has 0 aromatic carbocycles. The highest BCUT2D eigenvalue weighted by Gasteiger charge is 2.24. The highest BCUT2D eigenvalue weighted by molar-refractivity contribution is 5.75. The lowest BCUT2D eigenvalue weighted by atomic mass is 10.2. The van der Waals surface area contributed by atoms with Crippen molar-refractivity contribution in [1.29, 1.82) is 0 Å². The van der Waals surface area contributed by atoms with Gasteiger partial charge in [0.05, 0.1) is 20.3 Å². The van der Waals surface area contributed by atoms with Crippen LogP contribution in [0.15, 0.2) is 0 Å². The molecule has 2 unspecified atom stereocenters. The fourth-order valence-electron chi connectivity index (χ4n) is 1.89. The zero-order chi connectivity index (χ0) is 14.7. The summed E-state index contributed by atoms with van der Waals surface area (Å²) in [6.45, 7) is 7.32. The first-order valence-corrected chi connectivity index (χ1v) is 6.63. The van der Waals surface area contributed by atoms with Gasteiger partial charge >= 0.3 is 5.97 Å². The van der Waals surface area contributed by atoms with Crippen LogP contribution in [0.2, 0.25) is 0 Å². The van der Waals surface area contributed by atoms with Gasteiger partial charge < -0.3 is 19.5 Å². The van der Waals surface area contributed by atoms with Gasteiger partial charge in [0.1, 0.15) is 6.04 Å². The molecule has 114 valence electrons. The predicted molar refractivity (Wildman–Crippen MR) is 74.3 cm³/mol. The summed E-state index contributed by atoms with van der Waals surface area (Å²) in [6, 6.07) is -0.114. The standard InChI is InChI=1S/C13H28N2O4/c1-6-14-12(13(16)19-5)9-15(7-8-17-3)11(2)10-18-4/h11-12,14H,6-10H2,1-5H3. The van der Waals surface area contributed by atoms with Gasteiger partial charge in [-0.2, -0.15) is 0 Å². The summed E-state index contributed by atoms with van der Waals surface area (Å²) in [5.41, 5.74) is 0. The van der Waals surface area contributed by atoms with E-state index in [0.717, 1.165) is 13.1 Å². The predicted octanol–water partition coefficient (Wildman–Crippen LogP) is 0.121. The summed E-state index contributed by atoms with van der Waals surface area (Å²) in [5, 5.41) is 3.14. The number of hydrogen-bond donors (Lipinski definition) is 1. The first-order valence-electron chi connectivity index (χ1n) is 6.63. The maximum Gasteiger partial charge on any atom is 0.324 e. The molecule has 0 saturated heterocycles. The molecule has 19 heavy (non-hydrogen) atoms. The lowest BCUT2D eigenvalue weighted by Crippen LogP contribution is -2.50. The summed E-state index contributed by atoms with van der Waals surface area (Å²) >= 11 is 0. The molecule has 0 saturated carbocycles. The van der Waals surface area contributed by atoms with Crippen LogP contribution in [0.25, 0.3) is 0 Å². The molecule has 0 aromatic rings. The first-order chi connectivity index (χ1) is 9.10. The minimum atomic E-state index is -0.328. The molecule has 2 atom stereocenters. The molecule has 0 aliphatic carbocycles. The van der Waals surface area contributed by atoms with Gasteiger partial charge in [0, 0.05) is 33.4 Å². The Balaban J connectivity index is 4.58. The van der Waals surface area contributed by atoms with Crippen LogP contribution in [-0.2, 0) is 19.0 Å². The lowest BCUT2D eigenvalue weighted by molar-refractivity contribution is -0.143. The van der Waals surface area contributed by atoms with Crippen LogP contribution in [0.1, 0.15) is 13.8 Å². The highest BCUT2D eigenvalue weighted by Crippen LogP contribution is 2.03. The van der Waals surface area contributed by atoms with E-state index in [1.165, 1.54) is 7.11 Å². The summed E-state index contributed by atoms with van der Waals surface area (Å²) in [6.07, 6.45) is 0. The van der Waals surface area contributed by atoms with Crippen molar-refractivity contribution in [2.75, 3.05) is 54.2 Å². The van der Waals surface area contributed by atoms with Gasteiger partial charge in [-0.1, -0.05) is 6.92 Å². The average molecular weight is 276 g/mol. The van der Waals surface area contributed by atoms with Crippen LogP contribution in [0.5, 0.6) is 0 Å². The van der Waals surface area contributed by atoms with Crippen molar-refractivity contribution in [2.45, 2.75) is 25.9 Å². The Kier molecular flexibility index (Phi) is 10.8. The van der Waals surface area contributed by atoms with Crippen LogP contribution in [0.3, 0.4) is 0 Å². The van der Waals surface area contributed by atoms with Crippen molar-refractivity contribution in [1.82, 2.24) is 10.2 Å². The van der Waals surface area contributed by atoms with E-state index in [-0.39, 0.29) is 18.1 Å². The van der Waals surface area contributed by atoms with Gasteiger partial charge in [0.15, 0.2) is 0 Å². The number of ether oxygens (including phenoxy) is 3. The molecule has 0 bridgehead atoms. The van der Waals surface area contributed by atoms with Crippen molar-refractivity contribution in [3.05, 3.63) is 0 Å². The van der Waals surface area contributed by atoms with Crippen molar-refractivity contribution >= 4 is 5.97 Å². The minimum absolute atomic E-state index is 0.214. The second-order valence-electron chi connectivity index (χ2n) is 4.43. The third kappa shape index (κ3) is 7.47. The Morgan fingerprint density at radius 3 is 2.42 bits per heavy atom. The van der Waals surface area contributed by atoms with E-state index < -0.39 is 0 Å². The van der Waals surface area contributed by atoms with Crippen LogP contribution in [0, 0.1) is 0 Å². The molecule has 0 aromatic heterocycles. The molecule has 6 heteroatoms. The Morgan fingerprint density at radius 1 is 1.26 bits per heavy atom. The van der Waals surface area contributed by atoms with Gasteiger partial charge in [-0.15, -0.1) is 0 Å². The molecule has 0 radical (unpaired) electrons. The van der Waals surface area contributed by atoms with Crippen molar-refractivity contribution in [3.63, 3.8) is 0 Å². The minimum Gasteiger partial charge on any atom is -0.468 e. The zero-order valence-electron chi connectivity index (χ0n) is 12.8. The van der Waals surface area contributed by atoms with Gasteiger partial charge in [0.25, 0.3) is 0 Å². The number of nitrogens with zero attached hydrogens (tertiary/aromatic N) is 1. The van der Waals surface area contributed by atoms with Gasteiger partial charge in [-0.25, -0.2) is 0 Å². The van der Waals surface area contributed by atoms with E-state index in [2.05, 4.69) is 17.1 Å². The molecule has 0 spiro atoms. The average Bonchev–Trinajstić information content (AvgIpc) is 2.41. The number of esters is 1. The summed E-state index contributed by atoms with van der Waals surface area (Å²) in [4.78, 5) is 13.9. The number of hydrogen-bond acceptors (Lipinski definition) is 6. The fraction of sp³-hybridized carbons (Fsp3) is 0.923. The van der Waals surface area contributed by atoms with E-state index in [4.69, 9.17) is 14.2 Å². The van der Waals surface area contributed by atoms with Gasteiger partial charge in [0.2, 0.25) is 0 Å². The number of methoxy groups -OCH3 is 3. The molecule has 0 amide bonds. The molecule has 0 aliphatic rings. The zero-order valence-corrected chi connectivity index (χ0v) is 12.8. The molecular formula is C13H28N2O4. The van der Waals surface area contributed by atoms with Crippen molar-refractivity contribution in [2.24, 2.45) is 0 Å². The second-order valence-corrected chi connectivity index (χ2v) is 4.43. The fourth-order valence-corrected chi connectivity index (χ4v) is 1.89. The Bertz CT molecular complexity index is 239. The van der Waals surface area contributed by atoms with Crippen molar-refractivity contribution in [3.8, 4) is 0 Å². The molecule has 0 fully saturated rings. The molecule has 0 rings (SSSR count). The quantitative estimate of drug-likeness (QED) is 0.541. The Labute approximate surface area is 116 Å². The van der Waals surface area contributed by atoms with E-state index in [0.29, 0.717) is 19.8 Å². The smallest absolute Gasteiger partial charge is 0.324 e. The lowest BCUT2D eigenvalue weighted by Gasteiger charge is -2.31. The SMILES string of the molecule is CCNC(CN(CCOC)C(C)COC)C(=O)OC. The monoisotopic (exact) mass is 276 g/mol. The van der Waals surface area contributed by atoms with Crippen molar-refractivity contribution < 1.29 is 19.0 Å². The number of carbonyl (C=O) groups excluding carboxylic acids is 1. The molecule has 0 aliphatic heterocycles. The molecule has 6 nitrogen and oxygen atoms in total. The number of likely N-dealkylation sites (N-methyl/N-ethyl adjacent to an activating group) is 1. The summed E-state index contributed by atoms with van der Waals surface area (Å²) in [5.74, 6) is -0.242. The number of nitrogens with one attached hydrogen (secondary N) is 1. The van der Waals surface area contributed by atoms with E-state index in [1.807, 2.05) is 6.92 Å². The van der Waals surface area contributed by atoms with E-state index >= 15 is 0 Å². The topological polar surface area (TPSA) is 60.0 Å². The summed E-state index contributed by atoms with van der Waals surface area (Å²) in [7, 11) is 4.75. The van der Waals surface area contributed by atoms with Crippen LogP contribution in [-0.4, -0.2) is 77.1 Å². The summed E-state index contributed by atoms with van der Waals surface area (Å²) < 4.78 is 15.1. The van der Waals surface area contributed by atoms with Crippen LogP contribution in [0.4, 0.5) is 0 Å². The third-order valence-corrected chi connectivity index (χ3v) is 2.97. The Hall–Kier alpha value is -0.690. The molecule has 1 N–H and O–H groups in total. The van der Waals surface area contributed by atoms with Gasteiger partial charge in [-0.3, -0.25) is 9.69 Å². The van der Waals surface area contributed by atoms with E-state index in [9.17, 15) is 4.79 Å². The third-order valence-electron chi connectivity index (χ3n) is 2.97. The van der Waals surface area contributed by atoms with Crippen LogP contribution >= 0.6 is 0 Å². The Morgan fingerprint density at radius 2 is 1.95 bits per heavy atom. The van der Waals surface area contributed by atoms with Gasteiger partial charge in [-0.05, 0) is 13.5 Å². The largest absolute Gasteiger partial charge is 0.468 e. The second kappa shape index (κ2) is 11.2. The number of rotatable bonds is 11. The molecule has 0 heterocycles. The number of carbonyl (C=O) groups is 1. The maximum absolute atomic E-state index is 11.7. The molecular weight excluding hydrogens is 248 g/mol. The highest BCUT2D eigenvalue weighted by atomic mass is 16.5.